The molecule has 0 bridgehead atoms. The fourth-order valence-electron chi connectivity index (χ4n) is 1.37. The van der Waals surface area contributed by atoms with Crippen LogP contribution in [0.25, 0.3) is 0 Å². The Morgan fingerprint density at radius 3 is 2.42 bits per heavy atom. The van der Waals surface area contributed by atoms with Gasteiger partial charge in [0, 0.05) is 38.0 Å². The summed E-state index contributed by atoms with van der Waals surface area (Å²) >= 11 is 4.57. The van der Waals surface area contributed by atoms with Crippen LogP contribution in [0.15, 0.2) is 0 Å². The number of thiol groups is 1. The molecule has 1 atom stereocenters. The maximum absolute atomic E-state index is 4.57. The molecule has 1 aliphatic heterocycles. The molecule has 1 unspecified atom stereocenters. The molecule has 1 fully saturated rings. The molecule has 3 heteroatoms. The normalized spacial score (nSPS) is 23.0. The van der Waals surface area contributed by atoms with E-state index in [1.54, 1.807) is 0 Å². The first kappa shape index (κ1) is 10.4. The van der Waals surface area contributed by atoms with Gasteiger partial charge in [0.05, 0.1) is 0 Å². The first-order chi connectivity index (χ1) is 5.70. The molecule has 0 aromatic rings. The smallest absolute Gasteiger partial charge is 0.0167 e. The van der Waals surface area contributed by atoms with Crippen molar-refractivity contribution < 1.29 is 0 Å². The Hall–Kier alpha value is 0.270. The quantitative estimate of drug-likeness (QED) is 0.638. The standard InChI is InChI=1S/C9H20N2S/c1-8(2)9(12)7-11-5-3-10-4-6-11/h8-10,12H,3-7H2,1-2H3. The summed E-state index contributed by atoms with van der Waals surface area (Å²) in [5, 5.41) is 3.88. The molecule has 1 saturated heterocycles. The lowest BCUT2D eigenvalue weighted by molar-refractivity contribution is 0.233. The SMILES string of the molecule is CC(C)C(S)CN1CCNCC1. The second-order valence-corrected chi connectivity index (χ2v) is 4.53. The summed E-state index contributed by atoms with van der Waals surface area (Å²) in [7, 11) is 0. The summed E-state index contributed by atoms with van der Waals surface area (Å²) < 4.78 is 0. The zero-order chi connectivity index (χ0) is 8.97. The summed E-state index contributed by atoms with van der Waals surface area (Å²) in [5.74, 6) is 0.684. The van der Waals surface area contributed by atoms with Crippen molar-refractivity contribution in [2.75, 3.05) is 32.7 Å². The van der Waals surface area contributed by atoms with Gasteiger partial charge in [0.15, 0.2) is 0 Å². The third-order valence-corrected chi connectivity index (χ3v) is 3.18. The number of hydrogen-bond acceptors (Lipinski definition) is 3. The number of nitrogens with zero attached hydrogens (tertiary/aromatic N) is 1. The van der Waals surface area contributed by atoms with Crippen LogP contribution in [0.1, 0.15) is 13.8 Å². The minimum atomic E-state index is 0.531. The molecule has 2 nitrogen and oxygen atoms in total. The highest BCUT2D eigenvalue weighted by atomic mass is 32.1. The number of rotatable bonds is 3. The van der Waals surface area contributed by atoms with E-state index in [0.29, 0.717) is 11.2 Å². The highest BCUT2D eigenvalue weighted by Crippen LogP contribution is 2.10. The maximum atomic E-state index is 4.57. The number of piperazine rings is 1. The van der Waals surface area contributed by atoms with E-state index in [-0.39, 0.29) is 0 Å². The van der Waals surface area contributed by atoms with Gasteiger partial charge < -0.3 is 5.32 Å². The van der Waals surface area contributed by atoms with Crippen molar-refractivity contribution in [3.8, 4) is 0 Å². The van der Waals surface area contributed by atoms with Crippen LogP contribution in [0.2, 0.25) is 0 Å². The zero-order valence-corrected chi connectivity index (χ0v) is 8.98. The fourth-order valence-corrected chi connectivity index (χ4v) is 1.60. The highest BCUT2D eigenvalue weighted by Gasteiger charge is 2.15. The predicted octanol–water partition coefficient (Wildman–Crippen LogP) is 0.846. The van der Waals surface area contributed by atoms with Crippen molar-refractivity contribution in [3.05, 3.63) is 0 Å². The Balaban J connectivity index is 2.20. The van der Waals surface area contributed by atoms with Gasteiger partial charge in [-0.2, -0.15) is 12.6 Å². The number of nitrogens with one attached hydrogen (secondary N) is 1. The molecule has 0 aromatic heterocycles. The van der Waals surface area contributed by atoms with Crippen LogP contribution in [-0.4, -0.2) is 42.9 Å². The molecule has 12 heavy (non-hydrogen) atoms. The topological polar surface area (TPSA) is 15.3 Å². The van der Waals surface area contributed by atoms with Crippen LogP contribution in [-0.2, 0) is 0 Å². The minimum absolute atomic E-state index is 0.531. The van der Waals surface area contributed by atoms with E-state index >= 15 is 0 Å². The number of hydrogen-bond donors (Lipinski definition) is 2. The van der Waals surface area contributed by atoms with E-state index in [0.717, 1.165) is 19.6 Å². The Bertz CT molecular complexity index is 122. The Morgan fingerprint density at radius 2 is 1.92 bits per heavy atom. The summed E-state index contributed by atoms with van der Waals surface area (Å²) in [6, 6.07) is 0. The van der Waals surface area contributed by atoms with Crippen LogP contribution in [0.5, 0.6) is 0 Å². The third-order valence-electron chi connectivity index (χ3n) is 2.42. The highest BCUT2D eigenvalue weighted by molar-refractivity contribution is 7.81. The molecular formula is C9H20N2S. The second-order valence-electron chi connectivity index (χ2n) is 3.86. The summed E-state index contributed by atoms with van der Waals surface area (Å²) in [6.45, 7) is 10.3. The summed E-state index contributed by atoms with van der Waals surface area (Å²) in [5.41, 5.74) is 0. The lowest BCUT2D eigenvalue weighted by atomic mass is 10.1. The van der Waals surface area contributed by atoms with Gasteiger partial charge in [-0.05, 0) is 5.92 Å². The van der Waals surface area contributed by atoms with E-state index in [1.165, 1.54) is 13.1 Å². The predicted molar refractivity (Wildman–Crippen MR) is 56.9 cm³/mol. The van der Waals surface area contributed by atoms with E-state index in [4.69, 9.17) is 0 Å². The summed E-state index contributed by atoms with van der Waals surface area (Å²) in [4.78, 5) is 2.49. The molecule has 72 valence electrons. The van der Waals surface area contributed by atoms with E-state index in [1.807, 2.05) is 0 Å². The van der Waals surface area contributed by atoms with Gasteiger partial charge in [0.25, 0.3) is 0 Å². The lowest BCUT2D eigenvalue weighted by Gasteiger charge is -2.30. The van der Waals surface area contributed by atoms with Crippen LogP contribution >= 0.6 is 12.6 Å². The second kappa shape index (κ2) is 5.10. The van der Waals surface area contributed by atoms with Gasteiger partial charge in [0.1, 0.15) is 0 Å². The molecule has 0 amide bonds. The maximum Gasteiger partial charge on any atom is 0.0167 e. The first-order valence-corrected chi connectivity index (χ1v) is 5.33. The van der Waals surface area contributed by atoms with E-state index in [9.17, 15) is 0 Å². The molecule has 0 aromatic carbocycles. The third kappa shape index (κ3) is 3.33. The van der Waals surface area contributed by atoms with E-state index < -0.39 is 0 Å². The average molecular weight is 188 g/mol. The zero-order valence-electron chi connectivity index (χ0n) is 8.08. The van der Waals surface area contributed by atoms with Crippen molar-refractivity contribution in [1.29, 1.82) is 0 Å². The summed E-state index contributed by atoms with van der Waals surface area (Å²) in [6.07, 6.45) is 0. The van der Waals surface area contributed by atoms with Gasteiger partial charge in [-0.1, -0.05) is 13.8 Å². The van der Waals surface area contributed by atoms with Gasteiger partial charge in [-0.25, -0.2) is 0 Å². The molecule has 1 rings (SSSR count). The van der Waals surface area contributed by atoms with Crippen molar-refractivity contribution >= 4 is 12.6 Å². The Labute approximate surface area is 81.1 Å². The fraction of sp³-hybridized carbons (Fsp3) is 1.00. The van der Waals surface area contributed by atoms with Crippen LogP contribution < -0.4 is 5.32 Å². The minimum Gasteiger partial charge on any atom is -0.314 e. The molecule has 1 N–H and O–H groups in total. The average Bonchev–Trinajstić information content (AvgIpc) is 2.06. The molecule has 0 spiro atoms. The van der Waals surface area contributed by atoms with Crippen molar-refractivity contribution in [1.82, 2.24) is 10.2 Å². The van der Waals surface area contributed by atoms with Crippen molar-refractivity contribution in [2.24, 2.45) is 5.92 Å². The largest absolute Gasteiger partial charge is 0.314 e. The molecule has 0 radical (unpaired) electrons. The van der Waals surface area contributed by atoms with Gasteiger partial charge in [-0.3, -0.25) is 4.90 Å². The Kier molecular flexibility index (Phi) is 4.40. The molecule has 1 heterocycles. The molecule has 0 saturated carbocycles. The Morgan fingerprint density at radius 1 is 1.33 bits per heavy atom. The molecular weight excluding hydrogens is 168 g/mol. The molecule has 0 aliphatic carbocycles. The van der Waals surface area contributed by atoms with E-state index in [2.05, 4.69) is 36.7 Å². The van der Waals surface area contributed by atoms with Gasteiger partial charge in [-0.15, -0.1) is 0 Å². The van der Waals surface area contributed by atoms with Crippen LogP contribution in [0.4, 0.5) is 0 Å². The van der Waals surface area contributed by atoms with Crippen molar-refractivity contribution in [2.45, 2.75) is 19.1 Å². The van der Waals surface area contributed by atoms with Crippen molar-refractivity contribution in [3.63, 3.8) is 0 Å². The molecule has 1 aliphatic rings. The van der Waals surface area contributed by atoms with Crippen LogP contribution in [0, 0.1) is 5.92 Å². The first-order valence-electron chi connectivity index (χ1n) is 4.81. The monoisotopic (exact) mass is 188 g/mol. The van der Waals surface area contributed by atoms with Gasteiger partial charge in [0.2, 0.25) is 0 Å². The lowest BCUT2D eigenvalue weighted by Crippen LogP contribution is -2.46. The van der Waals surface area contributed by atoms with Crippen LogP contribution in [0.3, 0.4) is 0 Å². The van der Waals surface area contributed by atoms with Gasteiger partial charge >= 0.3 is 0 Å².